The van der Waals surface area contributed by atoms with Gasteiger partial charge in [-0.15, -0.1) is 0 Å². The molecule has 1 unspecified atom stereocenters. The van der Waals surface area contributed by atoms with E-state index < -0.39 is 23.5 Å². The minimum Gasteiger partial charge on any atom is -0.315 e. The van der Waals surface area contributed by atoms with Gasteiger partial charge < -0.3 is 20.4 Å². The second-order valence-electron chi connectivity index (χ2n) is 10.6. The number of rotatable bonds is 7. The highest BCUT2D eigenvalue weighted by Gasteiger charge is 2.43. The molecule has 36 heavy (non-hydrogen) atoms. The molecule has 3 rings (SSSR count). The molecule has 2 N–H and O–H groups in total. The van der Waals surface area contributed by atoms with Crippen LogP contribution in [0.15, 0.2) is 35.9 Å². The first-order valence-electron chi connectivity index (χ1n) is 12.4. The predicted molar refractivity (Wildman–Crippen MR) is 130 cm³/mol. The monoisotopic (exact) mass is 520 g/mol. The largest absolute Gasteiger partial charge is 0.416 e. The van der Waals surface area contributed by atoms with Crippen LogP contribution in [0.5, 0.6) is 0 Å². The van der Waals surface area contributed by atoms with Crippen molar-refractivity contribution in [2.75, 3.05) is 41.8 Å². The van der Waals surface area contributed by atoms with Gasteiger partial charge in [0.2, 0.25) is 0 Å². The molecule has 0 aliphatic heterocycles. The number of alkyl halides is 6. The molecule has 4 nitrogen and oxygen atoms in total. The lowest BCUT2D eigenvalue weighted by molar-refractivity contribution is -0.137. The molecule has 1 saturated carbocycles. The Morgan fingerprint density at radius 3 is 2.17 bits per heavy atom. The highest BCUT2D eigenvalue weighted by molar-refractivity contribution is 5.29. The Morgan fingerprint density at radius 2 is 1.61 bits per heavy atom. The van der Waals surface area contributed by atoms with Crippen molar-refractivity contribution in [2.45, 2.75) is 68.1 Å². The summed E-state index contributed by atoms with van der Waals surface area (Å²) in [5, 5.41) is 6.62. The van der Waals surface area contributed by atoms with E-state index >= 15 is 0 Å². The average molecular weight is 521 g/mol. The number of nitrogens with one attached hydrogen (secondary N) is 2. The molecule has 1 fully saturated rings. The summed E-state index contributed by atoms with van der Waals surface area (Å²) in [4.78, 5) is 4.04. The molecule has 2 aliphatic rings. The van der Waals surface area contributed by atoms with E-state index in [0.29, 0.717) is 24.9 Å². The van der Waals surface area contributed by atoms with Gasteiger partial charge in [-0.05, 0) is 78.5 Å². The lowest BCUT2D eigenvalue weighted by Crippen LogP contribution is -2.57. The molecule has 2 aliphatic carbocycles. The van der Waals surface area contributed by atoms with Gasteiger partial charge in [-0.2, -0.15) is 26.3 Å². The average Bonchev–Trinajstić information content (AvgIpc) is 2.80. The molecular formula is C26H38F6N4. The smallest absolute Gasteiger partial charge is 0.315 e. The molecule has 6 atom stereocenters. The van der Waals surface area contributed by atoms with E-state index in [4.69, 9.17) is 0 Å². The summed E-state index contributed by atoms with van der Waals surface area (Å²) in [5.74, 6) is -0.348. The standard InChI is InChI=1S/C26H38F6N4/c1-33-22-14-20(26(30,31)32)12-18(24(22)36(4)5)15-34-21-10-9-17(13-23(21)35(2)3)16-7-6-8-19(11-16)25(27,28)29/h6-8,11-12,17-18,21-24,33-34H,9-10,13-15H2,1-5H3/t17-,18?,21-,22-,23-,24-/m0/s1. The van der Waals surface area contributed by atoms with Crippen molar-refractivity contribution < 1.29 is 26.3 Å². The SMILES string of the molecule is CN[C@H]1CC(C(F)(F)F)=CC(CN[C@H]2CC[C@H](c3cccc(C(F)(F)F)c3)C[C@@H]2N(C)C)[C@@H]1N(C)C. The Balaban J connectivity index is 1.75. The molecule has 0 aromatic heterocycles. The van der Waals surface area contributed by atoms with Crippen molar-refractivity contribution in [2.24, 2.45) is 5.92 Å². The van der Waals surface area contributed by atoms with Gasteiger partial charge in [-0.3, -0.25) is 0 Å². The van der Waals surface area contributed by atoms with Crippen molar-refractivity contribution >= 4 is 0 Å². The number of nitrogens with zero attached hydrogens (tertiary/aromatic N) is 2. The second kappa shape index (κ2) is 11.4. The fourth-order valence-corrected chi connectivity index (χ4v) is 6.00. The molecule has 204 valence electrons. The summed E-state index contributed by atoms with van der Waals surface area (Å²) >= 11 is 0. The molecule has 0 heterocycles. The van der Waals surface area contributed by atoms with Crippen LogP contribution in [0, 0.1) is 5.92 Å². The molecule has 0 saturated heterocycles. The molecule has 0 radical (unpaired) electrons. The topological polar surface area (TPSA) is 30.5 Å². The summed E-state index contributed by atoms with van der Waals surface area (Å²) in [6, 6.07) is 5.20. The van der Waals surface area contributed by atoms with E-state index in [1.54, 1.807) is 13.1 Å². The number of hydrogen-bond donors (Lipinski definition) is 2. The molecule has 1 aromatic rings. The van der Waals surface area contributed by atoms with Crippen LogP contribution in [0.25, 0.3) is 0 Å². The number of benzene rings is 1. The summed E-state index contributed by atoms with van der Waals surface area (Å²) < 4.78 is 80.5. The van der Waals surface area contributed by atoms with E-state index in [2.05, 4.69) is 15.5 Å². The van der Waals surface area contributed by atoms with Crippen LogP contribution in [-0.4, -0.2) is 81.9 Å². The van der Waals surface area contributed by atoms with Crippen LogP contribution in [-0.2, 0) is 6.18 Å². The normalized spacial score (nSPS) is 30.1. The van der Waals surface area contributed by atoms with Crippen molar-refractivity contribution in [3.63, 3.8) is 0 Å². The Kier molecular flexibility index (Phi) is 9.17. The maximum absolute atomic E-state index is 13.6. The maximum atomic E-state index is 13.6. The van der Waals surface area contributed by atoms with Crippen molar-refractivity contribution in [1.29, 1.82) is 0 Å². The number of hydrogen-bond acceptors (Lipinski definition) is 4. The third-order valence-corrected chi connectivity index (χ3v) is 7.82. The predicted octanol–water partition coefficient (Wildman–Crippen LogP) is 4.89. The quantitative estimate of drug-likeness (QED) is 0.396. The third-order valence-electron chi connectivity index (χ3n) is 7.82. The zero-order chi connectivity index (χ0) is 26.8. The molecule has 1 aromatic carbocycles. The Labute approximate surface area is 210 Å². The number of likely N-dealkylation sites (N-methyl/N-ethyl adjacent to an activating group) is 3. The summed E-state index contributed by atoms with van der Waals surface area (Å²) in [5.41, 5.74) is -0.450. The first kappa shape index (κ1) is 28.9. The van der Waals surface area contributed by atoms with Crippen LogP contribution in [0.3, 0.4) is 0 Å². The minimum atomic E-state index is -4.38. The first-order valence-corrected chi connectivity index (χ1v) is 12.4. The maximum Gasteiger partial charge on any atom is 0.416 e. The molecular weight excluding hydrogens is 482 g/mol. The van der Waals surface area contributed by atoms with Gasteiger partial charge in [0.05, 0.1) is 5.56 Å². The van der Waals surface area contributed by atoms with Crippen molar-refractivity contribution in [1.82, 2.24) is 20.4 Å². The van der Waals surface area contributed by atoms with Crippen LogP contribution in [0.4, 0.5) is 26.3 Å². The van der Waals surface area contributed by atoms with E-state index in [1.165, 1.54) is 18.2 Å². The molecule has 0 bridgehead atoms. The fraction of sp³-hybridized carbons (Fsp3) is 0.692. The van der Waals surface area contributed by atoms with Crippen molar-refractivity contribution in [3.8, 4) is 0 Å². The van der Waals surface area contributed by atoms with Crippen LogP contribution < -0.4 is 10.6 Å². The van der Waals surface area contributed by atoms with Gasteiger partial charge in [0.1, 0.15) is 0 Å². The molecule has 10 heteroatoms. The first-order chi connectivity index (χ1) is 16.7. The van der Waals surface area contributed by atoms with Crippen molar-refractivity contribution in [3.05, 3.63) is 47.0 Å². The van der Waals surface area contributed by atoms with Gasteiger partial charge in [-0.1, -0.05) is 24.3 Å². The Morgan fingerprint density at radius 1 is 0.917 bits per heavy atom. The zero-order valence-corrected chi connectivity index (χ0v) is 21.5. The van der Waals surface area contributed by atoms with Crippen LogP contribution in [0.2, 0.25) is 0 Å². The van der Waals surface area contributed by atoms with E-state index in [-0.39, 0.29) is 42.4 Å². The lowest BCUT2D eigenvalue weighted by atomic mass is 9.77. The van der Waals surface area contributed by atoms with Gasteiger partial charge in [0, 0.05) is 42.2 Å². The van der Waals surface area contributed by atoms with E-state index in [0.717, 1.165) is 12.5 Å². The van der Waals surface area contributed by atoms with Gasteiger partial charge in [0.15, 0.2) is 0 Å². The van der Waals surface area contributed by atoms with E-state index in [1.807, 2.05) is 33.1 Å². The third kappa shape index (κ3) is 6.82. The fourth-order valence-electron chi connectivity index (χ4n) is 6.00. The van der Waals surface area contributed by atoms with E-state index in [9.17, 15) is 26.3 Å². The second-order valence-corrected chi connectivity index (χ2v) is 10.6. The Hall–Kier alpha value is -1.62. The Bertz CT molecular complexity index is 895. The number of halogens is 6. The highest BCUT2D eigenvalue weighted by Crippen LogP contribution is 2.39. The van der Waals surface area contributed by atoms with Gasteiger partial charge in [0.25, 0.3) is 0 Å². The highest BCUT2D eigenvalue weighted by atomic mass is 19.4. The van der Waals surface area contributed by atoms with Gasteiger partial charge in [-0.25, -0.2) is 0 Å². The molecule has 0 amide bonds. The van der Waals surface area contributed by atoms with Crippen LogP contribution >= 0.6 is 0 Å². The minimum absolute atomic E-state index is 0.00708. The molecule has 0 spiro atoms. The lowest BCUT2D eigenvalue weighted by Gasteiger charge is -2.44. The van der Waals surface area contributed by atoms with Crippen LogP contribution in [0.1, 0.15) is 42.7 Å². The summed E-state index contributed by atoms with van der Waals surface area (Å²) in [7, 11) is 9.35. The zero-order valence-electron chi connectivity index (χ0n) is 21.5. The summed E-state index contributed by atoms with van der Waals surface area (Å²) in [6.45, 7) is 0.393. The van der Waals surface area contributed by atoms with Gasteiger partial charge >= 0.3 is 12.4 Å². The summed E-state index contributed by atoms with van der Waals surface area (Å²) in [6.07, 6.45) is -5.31.